The summed E-state index contributed by atoms with van der Waals surface area (Å²) in [6, 6.07) is 24.6. The third kappa shape index (κ3) is 6.45. The zero-order valence-corrected chi connectivity index (χ0v) is 18.9. The molecule has 0 saturated carbocycles. The van der Waals surface area contributed by atoms with Crippen molar-refractivity contribution >= 4 is 11.8 Å². The number of nitrogens with zero attached hydrogens (tertiary/aromatic N) is 1. The molecule has 1 unspecified atom stereocenters. The van der Waals surface area contributed by atoms with Crippen molar-refractivity contribution in [3.63, 3.8) is 0 Å². The van der Waals surface area contributed by atoms with Gasteiger partial charge >= 0.3 is 0 Å². The molecular formula is C27H30N2O3. The highest BCUT2D eigenvalue weighted by Gasteiger charge is 2.30. The summed E-state index contributed by atoms with van der Waals surface area (Å²) in [5, 5.41) is 2.72. The molecule has 0 aliphatic rings. The Morgan fingerprint density at radius 2 is 1.44 bits per heavy atom. The normalized spacial score (nSPS) is 11.5. The second-order valence-electron chi connectivity index (χ2n) is 7.93. The van der Waals surface area contributed by atoms with Gasteiger partial charge in [-0.3, -0.25) is 9.59 Å². The van der Waals surface area contributed by atoms with E-state index < -0.39 is 6.04 Å². The lowest BCUT2D eigenvalue weighted by molar-refractivity contribution is -0.142. The average molecular weight is 431 g/mol. The lowest BCUT2D eigenvalue weighted by atomic mass is 10.0. The van der Waals surface area contributed by atoms with Crippen LogP contribution in [0, 0.1) is 13.8 Å². The van der Waals surface area contributed by atoms with Crippen molar-refractivity contribution in [1.82, 2.24) is 10.2 Å². The summed E-state index contributed by atoms with van der Waals surface area (Å²) in [5.41, 5.74) is 4.21. The number of benzene rings is 3. The number of hydrogen-bond acceptors (Lipinski definition) is 3. The van der Waals surface area contributed by atoms with Crippen molar-refractivity contribution < 1.29 is 14.3 Å². The molecule has 0 aromatic heterocycles. The number of rotatable bonds is 9. The van der Waals surface area contributed by atoms with Gasteiger partial charge in [0.05, 0.1) is 0 Å². The molecule has 0 aliphatic carbocycles. The van der Waals surface area contributed by atoms with Crippen LogP contribution in [0.3, 0.4) is 0 Å². The number of nitrogens with one attached hydrogen (secondary N) is 1. The van der Waals surface area contributed by atoms with Gasteiger partial charge in [-0.2, -0.15) is 0 Å². The minimum absolute atomic E-state index is 0.142. The predicted octanol–water partition coefficient (Wildman–Crippen LogP) is 4.07. The molecule has 1 atom stereocenters. The number of hydrogen-bond donors (Lipinski definition) is 1. The zero-order valence-electron chi connectivity index (χ0n) is 18.9. The van der Waals surface area contributed by atoms with Crippen LogP contribution >= 0.6 is 0 Å². The minimum Gasteiger partial charge on any atom is -0.484 e. The fourth-order valence-electron chi connectivity index (χ4n) is 3.47. The van der Waals surface area contributed by atoms with Crippen molar-refractivity contribution in [2.75, 3.05) is 13.7 Å². The van der Waals surface area contributed by atoms with Crippen molar-refractivity contribution in [2.45, 2.75) is 32.9 Å². The number of aryl methyl sites for hydroxylation is 2. The molecule has 166 valence electrons. The highest BCUT2D eigenvalue weighted by molar-refractivity contribution is 5.88. The standard InChI is InChI=1S/C27H30N2O3/c1-20-9-13-23(14-10-20)18-29(26(30)19-32-24-15-11-21(2)12-16-24)25(27(31)28-3)17-22-7-5-4-6-8-22/h4-16,25H,17-19H2,1-3H3,(H,28,31). The van der Waals surface area contributed by atoms with Gasteiger partial charge in [0.2, 0.25) is 5.91 Å². The Morgan fingerprint density at radius 1 is 0.844 bits per heavy atom. The van der Waals surface area contributed by atoms with Crippen molar-refractivity contribution in [1.29, 1.82) is 0 Å². The fraction of sp³-hybridized carbons (Fsp3) is 0.259. The van der Waals surface area contributed by atoms with Crippen LogP contribution in [0.5, 0.6) is 5.75 Å². The molecule has 32 heavy (non-hydrogen) atoms. The van der Waals surface area contributed by atoms with Crippen LogP contribution in [0.15, 0.2) is 78.9 Å². The Hall–Kier alpha value is -3.60. The number of likely N-dealkylation sites (N-methyl/N-ethyl adjacent to an activating group) is 1. The Kier molecular flexibility index (Phi) is 8.03. The largest absolute Gasteiger partial charge is 0.484 e. The first kappa shape index (κ1) is 23.1. The molecule has 3 aromatic rings. The molecule has 1 N–H and O–H groups in total. The first-order valence-corrected chi connectivity index (χ1v) is 10.8. The van der Waals surface area contributed by atoms with Gasteiger partial charge in [0.15, 0.2) is 6.61 Å². The van der Waals surface area contributed by atoms with E-state index in [0.717, 1.165) is 22.3 Å². The van der Waals surface area contributed by atoms with Crippen LogP contribution in [0.1, 0.15) is 22.3 Å². The second-order valence-corrected chi connectivity index (χ2v) is 7.93. The SMILES string of the molecule is CNC(=O)C(Cc1ccccc1)N(Cc1ccc(C)cc1)C(=O)COc1ccc(C)cc1. The number of carbonyl (C=O) groups excluding carboxylic acids is 2. The molecule has 0 fully saturated rings. The topological polar surface area (TPSA) is 58.6 Å². The van der Waals surface area contributed by atoms with E-state index in [1.807, 2.05) is 92.7 Å². The van der Waals surface area contributed by atoms with Gasteiger partial charge in [-0.05, 0) is 37.1 Å². The van der Waals surface area contributed by atoms with Crippen molar-refractivity contribution in [2.24, 2.45) is 0 Å². The van der Waals surface area contributed by atoms with E-state index in [1.165, 1.54) is 0 Å². The molecule has 0 radical (unpaired) electrons. The molecule has 5 heteroatoms. The van der Waals surface area contributed by atoms with Crippen LogP contribution < -0.4 is 10.1 Å². The fourth-order valence-corrected chi connectivity index (χ4v) is 3.47. The third-order valence-electron chi connectivity index (χ3n) is 5.37. The Labute approximate surface area is 190 Å². The maximum absolute atomic E-state index is 13.3. The molecule has 0 heterocycles. The van der Waals surface area contributed by atoms with Gasteiger partial charge < -0.3 is 15.0 Å². The first-order valence-electron chi connectivity index (χ1n) is 10.8. The summed E-state index contributed by atoms with van der Waals surface area (Å²) in [4.78, 5) is 27.8. The maximum atomic E-state index is 13.3. The lowest BCUT2D eigenvalue weighted by Crippen LogP contribution is -2.51. The van der Waals surface area contributed by atoms with Gasteiger partial charge in [-0.15, -0.1) is 0 Å². The van der Waals surface area contributed by atoms with Crippen LogP contribution in [0.2, 0.25) is 0 Å². The molecule has 0 aliphatic heterocycles. The van der Waals surface area contributed by atoms with Crippen molar-refractivity contribution in [3.8, 4) is 5.75 Å². The predicted molar refractivity (Wildman–Crippen MR) is 126 cm³/mol. The third-order valence-corrected chi connectivity index (χ3v) is 5.37. The molecule has 0 saturated heterocycles. The number of amides is 2. The first-order chi connectivity index (χ1) is 15.5. The molecule has 3 aromatic carbocycles. The summed E-state index contributed by atoms with van der Waals surface area (Å²) in [5.74, 6) is 0.180. The molecular weight excluding hydrogens is 400 g/mol. The summed E-state index contributed by atoms with van der Waals surface area (Å²) < 4.78 is 5.75. The summed E-state index contributed by atoms with van der Waals surface area (Å²) in [7, 11) is 1.59. The van der Waals surface area contributed by atoms with E-state index in [-0.39, 0.29) is 18.4 Å². The zero-order chi connectivity index (χ0) is 22.9. The summed E-state index contributed by atoms with van der Waals surface area (Å²) in [6.07, 6.45) is 0.419. The molecule has 2 amide bonds. The van der Waals surface area contributed by atoms with Crippen LogP contribution in [0.25, 0.3) is 0 Å². The average Bonchev–Trinajstić information content (AvgIpc) is 2.82. The highest BCUT2D eigenvalue weighted by Crippen LogP contribution is 2.17. The molecule has 0 bridgehead atoms. The van der Waals surface area contributed by atoms with Crippen LogP contribution in [0.4, 0.5) is 0 Å². The van der Waals surface area contributed by atoms with Gasteiger partial charge in [0.1, 0.15) is 11.8 Å². The van der Waals surface area contributed by atoms with Gasteiger partial charge in [0, 0.05) is 20.0 Å². The van der Waals surface area contributed by atoms with E-state index in [0.29, 0.717) is 18.7 Å². The van der Waals surface area contributed by atoms with Crippen molar-refractivity contribution in [3.05, 3.63) is 101 Å². The van der Waals surface area contributed by atoms with E-state index in [1.54, 1.807) is 11.9 Å². The second kappa shape index (κ2) is 11.1. The van der Waals surface area contributed by atoms with E-state index in [2.05, 4.69) is 5.32 Å². The van der Waals surface area contributed by atoms with Crippen LogP contribution in [-0.2, 0) is 22.6 Å². The smallest absolute Gasteiger partial charge is 0.261 e. The van der Waals surface area contributed by atoms with E-state index >= 15 is 0 Å². The monoisotopic (exact) mass is 430 g/mol. The minimum atomic E-state index is -0.655. The number of carbonyl (C=O) groups is 2. The lowest BCUT2D eigenvalue weighted by Gasteiger charge is -2.31. The number of ether oxygens (including phenoxy) is 1. The van der Waals surface area contributed by atoms with Gasteiger partial charge in [0.25, 0.3) is 5.91 Å². The van der Waals surface area contributed by atoms with E-state index in [4.69, 9.17) is 4.74 Å². The van der Waals surface area contributed by atoms with Gasteiger partial charge in [-0.25, -0.2) is 0 Å². The quantitative estimate of drug-likeness (QED) is 0.557. The Balaban J connectivity index is 1.85. The summed E-state index contributed by atoms with van der Waals surface area (Å²) >= 11 is 0. The highest BCUT2D eigenvalue weighted by atomic mass is 16.5. The Bertz CT molecular complexity index is 1020. The van der Waals surface area contributed by atoms with Crippen LogP contribution in [-0.4, -0.2) is 36.4 Å². The summed E-state index contributed by atoms with van der Waals surface area (Å²) in [6.45, 7) is 4.19. The van der Waals surface area contributed by atoms with E-state index in [9.17, 15) is 9.59 Å². The molecule has 3 rings (SSSR count). The van der Waals surface area contributed by atoms with Gasteiger partial charge in [-0.1, -0.05) is 77.9 Å². The molecule has 5 nitrogen and oxygen atoms in total. The maximum Gasteiger partial charge on any atom is 0.261 e. The molecule has 0 spiro atoms. The Morgan fingerprint density at radius 3 is 2.03 bits per heavy atom.